The van der Waals surface area contributed by atoms with E-state index in [2.05, 4.69) is 15.5 Å². The minimum absolute atomic E-state index is 0.0532. The molecule has 13 nitrogen and oxygen atoms in total. The molecule has 250 valence electrons. The Morgan fingerprint density at radius 1 is 1.16 bits per heavy atom. The second-order valence-corrected chi connectivity index (χ2v) is 20.0. The van der Waals surface area contributed by atoms with E-state index in [1.165, 1.54) is 24.1 Å². The van der Waals surface area contributed by atoms with E-state index < -0.39 is 73.8 Å². The summed E-state index contributed by atoms with van der Waals surface area (Å²) >= 11 is 37.1. The molecule has 1 aromatic heterocycles. The number of thiazole rings is 1. The Hall–Kier alpha value is -1.16. The Labute approximate surface area is 296 Å². The highest BCUT2D eigenvalue weighted by Gasteiger charge is 2.55. The average molecular weight is 808 g/mol. The van der Waals surface area contributed by atoms with Crippen LogP contribution in [0.4, 0.5) is 5.13 Å². The Morgan fingerprint density at radius 3 is 2.24 bits per heavy atom. The second-order valence-electron chi connectivity index (χ2n) is 10.5. The predicted molar refractivity (Wildman–Crippen MR) is 177 cm³/mol. The molecule has 0 saturated carbocycles. The molecule has 0 aliphatic carbocycles. The Balaban J connectivity index is 1.91. The summed E-state index contributed by atoms with van der Waals surface area (Å²) < 4.78 is 25.1. The molecule has 45 heavy (non-hydrogen) atoms. The number of halogens is 6. The number of ether oxygens (including phenoxy) is 2. The molecule has 2 amide bonds. The van der Waals surface area contributed by atoms with Gasteiger partial charge < -0.3 is 25.1 Å². The number of thioether (sulfide) groups is 1. The number of carbonyl (C=O) groups is 4. The van der Waals surface area contributed by atoms with Crippen molar-refractivity contribution in [2.75, 3.05) is 30.4 Å². The lowest BCUT2D eigenvalue weighted by atomic mass is 10.0. The van der Waals surface area contributed by atoms with Crippen LogP contribution >= 0.6 is 100 Å². The quantitative estimate of drug-likeness (QED) is 0.0810. The molecule has 3 N–H and O–H groups in total. The zero-order valence-electron chi connectivity index (χ0n) is 23.8. The number of nitrogens with one attached hydrogen (secondary N) is 1. The van der Waals surface area contributed by atoms with Crippen LogP contribution < -0.4 is 11.1 Å². The first-order valence-corrected chi connectivity index (χ1v) is 18.7. The number of oxime groups is 1. The van der Waals surface area contributed by atoms with Gasteiger partial charge in [0.25, 0.3) is 19.2 Å². The minimum Gasteiger partial charge on any atom is -0.461 e. The van der Waals surface area contributed by atoms with Gasteiger partial charge in [-0.15, -0.1) is 23.1 Å². The largest absolute Gasteiger partial charge is 0.461 e. The number of rotatable bonds is 10. The molecule has 0 spiro atoms. The van der Waals surface area contributed by atoms with Crippen LogP contribution in [-0.2, 0) is 37.8 Å². The Kier molecular flexibility index (Phi) is 12.4. The zero-order valence-corrected chi connectivity index (χ0v) is 30.8. The molecule has 1 aromatic rings. The Morgan fingerprint density at radius 2 is 1.76 bits per heavy atom. The van der Waals surface area contributed by atoms with E-state index in [1.54, 1.807) is 20.8 Å². The van der Waals surface area contributed by atoms with Crippen LogP contribution in [-0.4, -0.2) is 88.6 Å². The lowest BCUT2D eigenvalue weighted by Crippen LogP contribution is -2.71. The maximum atomic E-state index is 13.5. The van der Waals surface area contributed by atoms with Gasteiger partial charge in [0.1, 0.15) is 35.0 Å². The summed E-state index contributed by atoms with van der Waals surface area (Å²) in [6, 6.07) is -1.16. The number of aromatic nitrogens is 1. The number of alkyl halides is 6. The summed E-state index contributed by atoms with van der Waals surface area (Å²) in [5, 5.41) is 6.93. The van der Waals surface area contributed by atoms with Crippen molar-refractivity contribution in [2.45, 2.75) is 52.3 Å². The number of nitrogens with two attached hydrogens (primary N) is 1. The molecule has 1 fully saturated rings. The van der Waals surface area contributed by atoms with E-state index in [1.807, 2.05) is 0 Å². The summed E-state index contributed by atoms with van der Waals surface area (Å²) in [4.78, 5) is 56.7. The molecule has 0 aromatic carbocycles. The SMILES string of the molecule is CC(=O)OCC1=C(C(=O)OC(C)(C)C)N2C(=O)[C@H](NC(=O)C(=NOP(=O)(CC(Cl)(Cl)Cl)CC(Cl)(Cl)Cl)c3csc(N)n3)[C@H]2SC1. The van der Waals surface area contributed by atoms with E-state index in [0.717, 1.165) is 16.2 Å². The lowest BCUT2D eigenvalue weighted by Gasteiger charge is -2.49. The lowest BCUT2D eigenvalue weighted by molar-refractivity contribution is -0.159. The maximum Gasteiger partial charge on any atom is 0.355 e. The fraction of sp³-hybridized carbons (Fsp3) is 0.565. The normalized spacial score (nSPS) is 19.5. The van der Waals surface area contributed by atoms with E-state index in [0.29, 0.717) is 5.57 Å². The van der Waals surface area contributed by atoms with Crippen LogP contribution in [0.5, 0.6) is 0 Å². The molecule has 3 rings (SSSR count). The van der Waals surface area contributed by atoms with Gasteiger partial charge in [-0.05, 0) is 20.8 Å². The van der Waals surface area contributed by atoms with Crippen molar-refractivity contribution in [1.29, 1.82) is 0 Å². The van der Waals surface area contributed by atoms with Crippen molar-refractivity contribution in [3.05, 3.63) is 22.3 Å². The first kappa shape index (κ1) is 38.3. The first-order chi connectivity index (χ1) is 20.5. The number of fused-ring (bicyclic) bond motifs is 1. The summed E-state index contributed by atoms with van der Waals surface area (Å²) in [6.45, 7) is 5.93. The number of nitrogens with zero attached hydrogens (tertiary/aromatic N) is 3. The molecule has 22 heteroatoms. The molecule has 0 radical (unpaired) electrons. The standard InChI is InChI=1S/C23H26Cl6N5O8PS2/c1-10(35)40-5-11-6-44-18-14(17(37)34(18)15(11)19(38)41-21(2,3)4)32-16(36)13(12-7-45-20(30)31-12)33-42-43(39,8-22(24,25)26)9-23(27,28)29/h7,14,18H,5-6,8-9H2,1-4H3,(H2,30,31)(H,32,36)/t14-,18+/m0/s1. The van der Waals surface area contributed by atoms with Crippen molar-refractivity contribution >= 4 is 135 Å². The third-order valence-corrected chi connectivity index (χ3v) is 11.7. The Bertz CT molecular complexity index is 1450. The van der Waals surface area contributed by atoms with Gasteiger partial charge in [0.2, 0.25) is 7.59 Å². The van der Waals surface area contributed by atoms with Crippen LogP contribution in [0.15, 0.2) is 21.8 Å². The maximum absolute atomic E-state index is 13.5. The zero-order chi connectivity index (χ0) is 34.1. The van der Waals surface area contributed by atoms with Gasteiger partial charge in [-0.1, -0.05) is 74.8 Å². The summed E-state index contributed by atoms with van der Waals surface area (Å²) in [5.41, 5.74) is 4.46. The molecule has 3 heterocycles. The number of anilines is 1. The van der Waals surface area contributed by atoms with Crippen LogP contribution in [0, 0.1) is 0 Å². The van der Waals surface area contributed by atoms with Gasteiger partial charge in [-0.25, -0.2) is 9.78 Å². The number of hydrogen-bond acceptors (Lipinski definition) is 13. The predicted octanol–water partition coefficient (Wildman–Crippen LogP) is 5.02. The van der Waals surface area contributed by atoms with Gasteiger partial charge in [0.05, 0.1) is 12.3 Å². The number of carbonyl (C=O) groups excluding carboxylic acids is 4. The molecule has 2 atom stereocenters. The summed E-state index contributed by atoms with van der Waals surface area (Å²) in [5.74, 6) is -2.87. The number of β-lactam (4-membered cyclic amide) rings is 1. The smallest absolute Gasteiger partial charge is 0.355 e. The molecule has 2 aliphatic heterocycles. The average Bonchev–Trinajstić information content (AvgIpc) is 3.27. The van der Waals surface area contributed by atoms with Crippen molar-refractivity contribution in [1.82, 2.24) is 15.2 Å². The summed E-state index contributed by atoms with van der Waals surface area (Å²) in [7, 11) is -4.18. The van der Waals surface area contributed by atoms with Crippen LogP contribution in [0.1, 0.15) is 33.4 Å². The second kappa shape index (κ2) is 14.5. The minimum atomic E-state index is -4.18. The molecule has 2 aliphatic rings. The van der Waals surface area contributed by atoms with Crippen LogP contribution in [0.3, 0.4) is 0 Å². The number of nitrogen functional groups attached to an aromatic ring is 1. The van der Waals surface area contributed by atoms with Gasteiger partial charge >= 0.3 is 11.9 Å². The van der Waals surface area contributed by atoms with Gasteiger partial charge in [0.15, 0.2) is 10.8 Å². The van der Waals surface area contributed by atoms with E-state index >= 15 is 0 Å². The van der Waals surface area contributed by atoms with Crippen LogP contribution in [0.2, 0.25) is 0 Å². The molecule has 0 bridgehead atoms. The number of amides is 2. The topological polar surface area (TPSA) is 180 Å². The highest BCUT2D eigenvalue weighted by atomic mass is 35.6. The van der Waals surface area contributed by atoms with E-state index in [-0.39, 0.29) is 28.9 Å². The summed E-state index contributed by atoms with van der Waals surface area (Å²) in [6.07, 6.45) is -1.47. The fourth-order valence-corrected chi connectivity index (χ4v) is 10.6. The highest BCUT2D eigenvalue weighted by Crippen LogP contribution is 2.57. The molecule has 0 unspecified atom stereocenters. The third-order valence-electron chi connectivity index (χ3n) is 5.48. The molecule has 1 saturated heterocycles. The highest BCUT2D eigenvalue weighted by molar-refractivity contribution is 8.00. The van der Waals surface area contributed by atoms with Crippen LogP contribution in [0.25, 0.3) is 0 Å². The van der Waals surface area contributed by atoms with E-state index in [9.17, 15) is 23.7 Å². The third kappa shape index (κ3) is 10.9. The van der Waals surface area contributed by atoms with Gasteiger partial charge in [0, 0.05) is 23.6 Å². The fourth-order valence-electron chi connectivity index (χ4n) is 3.88. The van der Waals surface area contributed by atoms with Crippen molar-refractivity contribution in [3.8, 4) is 0 Å². The molecular weight excluding hydrogens is 782 g/mol. The van der Waals surface area contributed by atoms with Gasteiger partial charge in [-0.2, -0.15) is 0 Å². The van der Waals surface area contributed by atoms with Crippen molar-refractivity contribution in [2.24, 2.45) is 5.16 Å². The number of hydrogen-bond donors (Lipinski definition) is 2. The van der Waals surface area contributed by atoms with Gasteiger partial charge in [-0.3, -0.25) is 23.8 Å². The first-order valence-electron chi connectivity index (χ1n) is 12.5. The monoisotopic (exact) mass is 805 g/mol. The van der Waals surface area contributed by atoms with Crippen molar-refractivity contribution in [3.63, 3.8) is 0 Å². The van der Waals surface area contributed by atoms with Crippen molar-refractivity contribution < 1.29 is 37.8 Å². The molecular formula is C23H26Cl6N5O8PS2. The number of esters is 2. The van der Waals surface area contributed by atoms with E-state index in [4.69, 9.17) is 89.4 Å².